The van der Waals surface area contributed by atoms with Gasteiger partial charge in [-0.2, -0.15) is 5.10 Å². The molecule has 1 amide bonds. The molecule has 7 heteroatoms. The van der Waals surface area contributed by atoms with E-state index in [1.54, 1.807) is 6.20 Å². The van der Waals surface area contributed by atoms with Gasteiger partial charge in [-0.05, 0) is 23.3 Å². The van der Waals surface area contributed by atoms with E-state index < -0.39 is 0 Å². The van der Waals surface area contributed by atoms with Crippen molar-refractivity contribution in [1.82, 2.24) is 20.5 Å². The smallest absolute Gasteiger partial charge is 0.231 e. The molecule has 28 heavy (non-hydrogen) atoms. The second-order valence-corrected chi connectivity index (χ2v) is 7.99. The number of carbonyl (C=O) groups excluding carboxylic acids is 1. The van der Waals surface area contributed by atoms with Gasteiger partial charge in [0.05, 0.1) is 22.3 Å². The first-order chi connectivity index (χ1) is 13.8. The molecule has 3 heterocycles. The number of anilines is 1. The standard InChI is InChI=1S/C21H19N5OS/c27-20(17-12-22-11-16(17)13-4-2-1-3-5-13)26-21-25-18-7-6-14(8-19(18)28-21)15-9-23-24-10-15/h1-10,16-17,22H,11-12H2,(H,23,24)(H,25,26,27). The highest BCUT2D eigenvalue weighted by molar-refractivity contribution is 7.22. The van der Waals surface area contributed by atoms with E-state index in [0.29, 0.717) is 11.7 Å². The summed E-state index contributed by atoms with van der Waals surface area (Å²) < 4.78 is 1.04. The molecule has 1 saturated heterocycles. The fourth-order valence-corrected chi connectivity index (χ4v) is 4.68. The predicted octanol–water partition coefficient (Wildman–Crippen LogP) is 3.63. The zero-order chi connectivity index (χ0) is 18.9. The van der Waals surface area contributed by atoms with Crippen LogP contribution >= 0.6 is 11.3 Å². The Balaban J connectivity index is 1.36. The topological polar surface area (TPSA) is 82.7 Å². The molecule has 6 nitrogen and oxygen atoms in total. The third-order valence-electron chi connectivity index (χ3n) is 5.23. The Morgan fingerprint density at radius 2 is 2.00 bits per heavy atom. The van der Waals surface area contributed by atoms with Gasteiger partial charge in [0.15, 0.2) is 5.13 Å². The number of nitrogens with zero attached hydrogens (tertiary/aromatic N) is 2. The number of benzene rings is 2. The van der Waals surface area contributed by atoms with E-state index in [1.165, 1.54) is 16.9 Å². The number of hydrogen-bond donors (Lipinski definition) is 3. The zero-order valence-electron chi connectivity index (χ0n) is 15.1. The van der Waals surface area contributed by atoms with Gasteiger partial charge in [0.25, 0.3) is 0 Å². The Bertz CT molecular complexity index is 1110. The first-order valence-electron chi connectivity index (χ1n) is 9.24. The number of aromatic amines is 1. The molecule has 0 aliphatic carbocycles. The second-order valence-electron chi connectivity index (χ2n) is 6.96. The lowest BCUT2D eigenvalue weighted by atomic mass is 9.88. The minimum Gasteiger partial charge on any atom is -0.315 e. The van der Waals surface area contributed by atoms with Crippen molar-refractivity contribution in [2.24, 2.45) is 5.92 Å². The SMILES string of the molecule is O=C(Nc1nc2ccc(-c3cn[nH]c3)cc2s1)C1CNCC1c1ccccc1. The maximum Gasteiger partial charge on any atom is 0.231 e. The molecular weight excluding hydrogens is 370 g/mol. The summed E-state index contributed by atoms with van der Waals surface area (Å²) in [5.74, 6) is 0.104. The molecule has 2 unspecified atom stereocenters. The summed E-state index contributed by atoms with van der Waals surface area (Å²) >= 11 is 1.50. The maximum absolute atomic E-state index is 12.9. The third-order valence-corrected chi connectivity index (χ3v) is 6.16. The van der Waals surface area contributed by atoms with Crippen LogP contribution in [0, 0.1) is 5.92 Å². The Morgan fingerprint density at radius 1 is 1.11 bits per heavy atom. The van der Waals surface area contributed by atoms with Crippen molar-refractivity contribution in [3.63, 3.8) is 0 Å². The van der Waals surface area contributed by atoms with Gasteiger partial charge in [-0.3, -0.25) is 9.89 Å². The monoisotopic (exact) mass is 389 g/mol. The molecule has 0 spiro atoms. The van der Waals surface area contributed by atoms with Crippen molar-refractivity contribution < 1.29 is 4.79 Å². The molecule has 0 bridgehead atoms. The molecule has 140 valence electrons. The summed E-state index contributed by atoms with van der Waals surface area (Å²) in [7, 11) is 0. The quantitative estimate of drug-likeness (QED) is 0.498. The minimum atomic E-state index is -0.101. The Hall–Kier alpha value is -3.03. The van der Waals surface area contributed by atoms with Gasteiger partial charge in [-0.25, -0.2) is 4.98 Å². The first kappa shape index (κ1) is 17.1. The summed E-state index contributed by atoms with van der Waals surface area (Å²) in [6.07, 6.45) is 3.66. The van der Waals surface area contributed by atoms with Crippen molar-refractivity contribution in [1.29, 1.82) is 0 Å². The lowest BCUT2D eigenvalue weighted by molar-refractivity contribution is -0.119. The lowest BCUT2D eigenvalue weighted by Gasteiger charge is -2.17. The molecule has 2 aromatic carbocycles. The number of nitrogens with one attached hydrogen (secondary N) is 3. The summed E-state index contributed by atoms with van der Waals surface area (Å²) in [6.45, 7) is 1.50. The molecule has 3 N–H and O–H groups in total. The Morgan fingerprint density at radius 3 is 2.82 bits per heavy atom. The van der Waals surface area contributed by atoms with Gasteiger partial charge in [-0.1, -0.05) is 47.7 Å². The average molecular weight is 389 g/mol. The van der Waals surface area contributed by atoms with Gasteiger partial charge >= 0.3 is 0 Å². The van der Waals surface area contributed by atoms with E-state index >= 15 is 0 Å². The predicted molar refractivity (Wildman–Crippen MR) is 111 cm³/mol. The molecule has 5 rings (SSSR count). The number of thiazole rings is 1. The Kier molecular flexibility index (Phi) is 4.38. The fourth-order valence-electron chi connectivity index (χ4n) is 3.77. The van der Waals surface area contributed by atoms with Crippen molar-refractivity contribution in [2.75, 3.05) is 18.4 Å². The van der Waals surface area contributed by atoms with E-state index in [-0.39, 0.29) is 17.7 Å². The van der Waals surface area contributed by atoms with Crippen molar-refractivity contribution in [3.8, 4) is 11.1 Å². The van der Waals surface area contributed by atoms with Crippen LogP contribution in [0.15, 0.2) is 60.9 Å². The molecule has 1 aliphatic heterocycles. The lowest BCUT2D eigenvalue weighted by Crippen LogP contribution is -2.28. The van der Waals surface area contributed by atoms with Crippen molar-refractivity contribution in [2.45, 2.75) is 5.92 Å². The number of carbonyl (C=O) groups is 1. The van der Waals surface area contributed by atoms with Crippen LogP contribution in [-0.4, -0.2) is 34.2 Å². The van der Waals surface area contributed by atoms with E-state index in [4.69, 9.17) is 0 Å². The van der Waals surface area contributed by atoms with Crippen LogP contribution in [0.2, 0.25) is 0 Å². The fraction of sp³-hybridized carbons (Fsp3) is 0.190. The largest absolute Gasteiger partial charge is 0.315 e. The van der Waals surface area contributed by atoms with Gasteiger partial charge < -0.3 is 10.6 Å². The van der Waals surface area contributed by atoms with Crippen molar-refractivity contribution in [3.05, 3.63) is 66.5 Å². The Labute approximate surface area is 166 Å². The second kappa shape index (κ2) is 7.18. The van der Waals surface area contributed by atoms with Crippen LogP contribution in [0.3, 0.4) is 0 Å². The molecule has 2 atom stereocenters. The number of fused-ring (bicyclic) bond motifs is 1. The summed E-state index contributed by atoms with van der Waals surface area (Å²) in [4.78, 5) is 17.5. The molecule has 4 aromatic rings. The highest BCUT2D eigenvalue weighted by Gasteiger charge is 2.34. The normalized spacial score (nSPS) is 19.1. The van der Waals surface area contributed by atoms with Gasteiger partial charge in [0.1, 0.15) is 0 Å². The van der Waals surface area contributed by atoms with Gasteiger partial charge in [0, 0.05) is 30.8 Å². The molecule has 1 aliphatic rings. The minimum absolute atomic E-state index is 0.0213. The van der Waals surface area contributed by atoms with E-state index in [9.17, 15) is 4.79 Å². The third kappa shape index (κ3) is 3.19. The van der Waals surface area contributed by atoms with Crippen LogP contribution in [0.1, 0.15) is 11.5 Å². The number of amides is 1. The van der Waals surface area contributed by atoms with E-state index in [2.05, 4.69) is 44.0 Å². The highest BCUT2D eigenvalue weighted by atomic mass is 32.1. The first-order valence-corrected chi connectivity index (χ1v) is 10.1. The number of hydrogen-bond acceptors (Lipinski definition) is 5. The van der Waals surface area contributed by atoms with Crippen LogP contribution in [0.5, 0.6) is 0 Å². The van der Waals surface area contributed by atoms with Crippen LogP contribution in [-0.2, 0) is 4.79 Å². The van der Waals surface area contributed by atoms with Crippen molar-refractivity contribution >= 4 is 32.6 Å². The van der Waals surface area contributed by atoms with Gasteiger partial charge in [-0.15, -0.1) is 0 Å². The van der Waals surface area contributed by atoms with Crippen LogP contribution in [0.4, 0.5) is 5.13 Å². The van der Waals surface area contributed by atoms with E-state index in [0.717, 1.165) is 27.9 Å². The molecule has 0 saturated carbocycles. The number of H-pyrrole nitrogens is 1. The molecule has 2 aromatic heterocycles. The van der Waals surface area contributed by atoms with Gasteiger partial charge in [0.2, 0.25) is 5.91 Å². The average Bonchev–Trinajstić information content (AvgIpc) is 3.47. The van der Waals surface area contributed by atoms with E-state index in [1.807, 2.05) is 36.5 Å². The zero-order valence-corrected chi connectivity index (χ0v) is 15.9. The van der Waals surface area contributed by atoms with Crippen LogP contribution in [0.25, 0.3) is 21.3 Å². The summed E-state index contributed by atoms with van der Waals surface area (Å²) in [5.41, 5.74) is 4.19. The summed E-state index contributed by atoms with van der Waals surface area (Å²) in [6, 6.07) is 16.3. The highest BCUT2D eigenvalue weighted by Crippen LogP contribution is 2.32. The maximum atomic E-state index is 12.9. The van der Waals surface area contributed by atoms with Crippen LogP contribution < -0.4 is 10.6 Å². The molecule has 0 radical (unpaired) electrons. The number of rotatable bonds is 4. The number of aromatic nitrogens is 3. The summed E-state index contributed by atoms with van der Waals surface area (Å²) in [5, 5.41) is 13.9. The molecule has 1 fully saturated rings. The molecular formula is C21H19N5OS.